The Morgan fingerprint density at radius 3 is 2.47 bits per heavy atom. The predicted octanol–water partition coefficient (Wildman–Crippen LogP) is 2.50. The van der Waals surface area contributed by atoms with Gasteiger partial charge < -0.3 is 10.6 Å². The van der Waals surface area contributed by atoms with Crippen molar-refractivity contribution < 1.29 is 0 Å². The standard InChI is InChI=1S/C13H20N2/c1-15(9-11-3-2-4-11)10-12-5-7-13(14)8-6-12/h5-8,11H,2-4,9-10,14H2,1H3. The summed E-state index contributed by atoms with van der Waals surface area (Å²) in [5, 5.41) is 0. The molecule has 0 bridgehead atoms. The number of anilines is 1. The van der Waals surface area contributed by atoms with E-state index in [4.69, 9.17) is 5.73 Å². The van der Waals surface area contributed by atoms with Gasteiger partial charge in [0.25, 0.3) is 0 Å². The van der Waals surface area contributed by atoms with Crippen molar-refractivity contribution in [2.24, 2.45) is 5.92 Å². The molecule has 1 aliphatic carbocycles. The van der Waals surface area contributed by atoms with Crippen LogP contribution in [0.25, 0.3) is 0 Å². The van der Waals surface area contributed by atoms with Crippen LogP contribution in [0.4, 0.5) is 5.69 Å². The molecule has 15 heavy (non-hydrogen) atoms. The van der Waals surface area contributed by atoms with Crippen molar-refractivity contribution in [2.75, 3.05) is 19.3 Å². The third-order valence-electron chi connectivity index (χ3n) is 3.23. The van der Waals surface area contributed by atoms with Gasteiger partial charge in [0.15, 0.2) is 0 Å². The molecule has 0 spiro atoms. The molecule has 1 aromatic carbocycles. The Bertz CT molecular complexity index is 301. The van der Waals surface area contributed by atoms with Crippen LogP contribution in [0.5, 0.6) is 0 Å². The summed E-state index contributed by atoms with van der Waals surface area (Å²) in [6.45, 7) is 2.28. The lowest BCUT2D eigenvalue weighted by Gasteiger charge is -2.30. The van der Waals surface area contributed by atoms with Crippen molar-refractivity contribution in [2.45, 2.75) is 25.8 Å². The molecular formula is C13H20N2. The summed E-state index contributed by atoms with van der Waals surface area (Å²) in [7, 11) is 2.20. The van der Waals surface area contributed by atoms with E-state index >= 15 is 0 Å². The highest BCUT2D eigenvalue weighted by Crippen LogP contribution is 2.27. The molecule has 1 saturated carbocycles. The Balaban J connectivity index is 1.82. The quantitative estimate of drug-likeness (QED) is 0.763. The first-order valence-corrected chi connectivity index (χ1v) is 5.77. The van der Waals surface area contributed by atoms with Gasteiger partial charge in [-0.2, -0.15) is 0 Å². The van der Waals surface area contributed by atoms with E-state index in [1.165, 1.54) is 31.4 Å². The minimum atomic E-state index is 0.848. The zero-order valence-corrected chi connectivity index (χ0v) is 9.45. The highest BCUT2D eigenvalue weighted by Gasteiger charge is 2.18. The van der Waals surface area contributed by atoms with Crippen LogP contribution in [0.1, 0.15) is 24.8 Å². The second-order valence-electron chi connectivity index (χ2n) is 4.74. The van der Waals surface area contributed by atoms with Crippen molar-refractivity contribution >= 4 is 5.69 Å². The number of benzene rings is 1. The molecule has 2 rings (SSSR count). The summed E-state index contributed by atoms with van der Waals surface area (Å²) in [4.78, 5) is 2.41. The minimum absolute atomic E-state index is 0.848. The Labute approximate surface area is 92.1 Å². The molecule has 1 aliphatic rings. The molecule has 1 fully saturated rings. The topological polar surface area (TPSA) is 29.3 Å². The average molecular weight is 204 g/mol. The molecule has 0 amide bonds. The number of nitrogens with zero attached hydrogens (tertiary/aromatic N) is 1. The van der Waals surface area contributed by atoms with Gasteiger partial charge in [0.2, 0.25) is 0 Å². The predicted molar refractivity (Wildman–Crippen MR) is 64.5 cm³/mol. The van der Waals surface area contributed by atoms with Crippen LogP contribution < -0.4 is 5.73 Å². The van der Waals surface area contributed by atoms with Crippen LogP contribution in [-0.2, 0) is 6.54 Å². The van der Waals surface area contributed by atoms with Crippen LogP contribution in [0, 0.1) is 5.92 Å². The van der Waals surface area contributed by atoms with E-state index in [1.54, 1.807) is 0 Å². The van der Waals surface area contributed by atoms with Gasteiger partial charge in [-0.05, 0) is 43.5 Å². The first kappa shape index (κ1) is 10.5. The number of hydrogen-bond donors (Lipinski definition) is 1. The van der Waals surface area contributed by atoms with Gasteiger partial charge in [-0.3, -0.25) is 0 Å². The van der Waals surface area contributed by atoms with Crippen LogP contribution in [0.2, 0.25) is 0 Å². The molecule has 0 atom stereocenters. The van der Waals surface area contributed by atoms with Crippen molar-refractivity contribution in [3.05, 3.63) is 29.8 Å². The molecule has 82 valence electrons. The van der Waals surface area contributed by atoms with Crippen LogP contribution in [0.3, 0.4) is 0 Å². The molecule has 0 heterocycles. The first-order valence-electron chi connectivity index (χ1n) is 5.77. The second-order valence-corrected chi connectivity index (χ2v) is 4.74. The number of nitrogen functional groups attached to an aromatic ring is 1. The van der Waals surface area contributed by atoms with E-state index in [0.717, 1.165) is 18.2 Å². The summed E-state index contributed by atoms with van der Waals surface area (Å²) in [6.07, 6.45) is 4.28. The number of hydrogen-bond acceptors (Lipinski definition) is 2. The van der Waals surface area contributed by atoms with Crippen molar-refractivity contribution in [1.82, 2.24) is 4.90 Å². The molecule has 0 aliphatic heterocycles. The van der Waals surface area contributed by atoms with Crippen LogP contribution in [-0.4, -0.2) is 18.5 Å². The summed E-state index contributed by atoms with van der Waals surface area (Å²) >= 11 is 0. The minimum Gasteiger partial charge on any atom is -0.399 e. The Kier molecular flexibility index (Phi) is 3.27. The SMILES string of the molecule is CN(Cc1ccc(N)cc1)CC1CCC1. The van der Waals surface area contributed by atoms with Gasteiger partial charge in [-0.1, -0.05) is 18.6 Å². The van der Waals surface area contributed by atoms with E-state index in [0.29, 0.717) is 0 Å². The van der Waals surface area contributed by atoms with Gasteiger partial charge in [-0.15, -0.1) is 0 Å². The molecule has 2 N–H and O–H groups in total. The van der Waals surface area contributed by atoms with E-state index in [-0.39, 0.29) is 0 Å². The third kappa shape index (κ3) is 2.96. The maximum absolute atomic E-state index is 5.66. The van der Waals surface area contributed by atoms with Crippen LogP contribution in [0.15, 0.2) is 24.3 Å². The first-order chi connectivity index (χ1) is 7.24. The van der Waals surface area contributed by atoms with Gasteiger partial charge in [0.1, 0.15) is 0 Å². The summed E-state index contributed by atoms with van der Waals surface area (Å²) < 4.78 is 0. The maximum Gasteiger partial charge on any atom is 0.0314 e. The number of nitrogens with two attached hydrogens (primary N) is 1. The van der Waals surface area contributed by atoms with E-state index < -0.39 is 0 Å². The molecule has 1 aromatic rings. The zero-order valence-electron chi connectivity index (χ0n) is 9.45. The molecule has 2 nitrogen and oxygen atoms in total. The lowest BCUT2D eigenvalue weighted by atomic mass is 9.85. The van der Waals surface area contributed by atoms with E-state index in [1.807, 2.05) is 12.1 Å². The second kappa shape index (κ2) is 4.67. The Morgan fingerprint density at radius 2 is 1.93 bits per heavy atom. The fraction of sp³-hybridized carbons (Fsp3) is 0.538. The molecular weight excluding hydrogens is 184 g/mol. The maximum atomic E-state index is 5.66. The molecule has 0 radical (unpaired) electrons. The summed E-state index contributed by atoms with van der Waals surface area (Å²) in [5.74, 6) is 0.948. The lowest BCUT2D eigenvalue weighted by Crippen LogP contribution is -2.29. The zero-order chi connectivity index (χ0) is 10.7. The Hall–Kier alpha value is -1.02. The highest BCUT2D eigenvalue weighted by atomic mass is 15.1. The average Bonchev–Trinajstić information content (AvgIpc) is 2.16. The fourth-order valence-corrected chi connectivity index (χ4v) is 2.12. The van der Waals surface area contributed by atoms with Gasteiger partial charge in [0, 0.05) is 18.8 Å². The van der Waals surface area contributed by atoms with E-state index in [2.05, 4.69) is 24.1 Å². The normalized spacial score (nSPS) is 16.7. The molecule has 2 heteroatoms. The summed E-state index contributed by atoms with van der Waals surface area (Å²) in [5.41, 5.74) is 7.86. The van der Waals surface area contributed by atoms with Crippen molar-refractivity contribution in [3.63, 3.8) is 0 Å². The van der Waals surface area contributed by atoms with Gasteiger partial charge in [0.05, 0.1) is 0 Å². The number of rotatable bonds is 4. The summed E-state index contributed by atoms with van der Waals surface area (Å²) in [6, 6.07) is 8.19. The largest absolute Gasteiger partial charge is 0.399 e. The third-order valence-corrected chi connectivity index (χ3v) is 3.23. The molecule has 0 aromatic heterocycles. The monoisotopic (exact) mass is 204 g/mol. The fourth-order valence-electron chi connectivity index (χ4n) is 2.12. The molecule has 0 saturated heterocycles. The van der Waals surface area contributed by atoms with Gasteiger partial charge in [-0.25, -0.2) is 0 Å². The smallest absolute Gasteiger partial charge is 0.0314 e. The van der Waals surface area contributed by atoms with Gasteiger partial charge >= 0.3 is 0 Å². The molecule has 0 unspecified atom stereocenters. The van der Waals surface area contributed by atoms with E-state index in [9.17, 15) is 0 Å². The van der Waals surface area contributed by atoms with Crippen molar-refractivity contribution in [1.29, 1.82) is 0 Å². The Morgan fingerprint density at radius 1 is 1.27 bits per heavy atom. The van der Waals surface area contributed by atoms with Crippen molar-refractivity contribution in [3.8, 4) is 0 Å². The van der Waals surface area contributed by atoms with Crippen LogP contribution >= 0.6 is 0 Å². The highest BCUT2D eigenvalue weighted by molar-refractivity contribution is 5.39. The lowest BCUT2D eigenvalue weighted by molar-refractivity contribution is 0.200.